The van der Waals surface area contributed by atoms with Crippen LogP contribution in [0.25, 0.3) is 0 Å². The molecule has 0 aromatic heterocycles. The summed E-state index contributed by atoms with van der Waals surface area (Å²) in [7, 11) is 0. The fourth-order valence-corrected chi connectivity index (χ4v) is 3.15. The van der Waals surface area contributed by atoms with Crippen LogP contribution in [0.4, 0.5) is 0 Å². The van der Waals surface area contributed by atoms with Gasteiger partial charge in [-0.1, -0.05) is 53.5 Å². The molecule has 5 heteroatoms. The first-order valence-corrected chi connectivity index (χ1v) is 8.23. The number of rotatable bonds is 5. The summed E-state index contributed by atoms with van der Waals surface area (Å²) < 4.78 is 5.40. The summed E-state index contributed by atoms with van der Waals surface area (Å²) in [6, 6.07) is 13.2. The molecule has 110 valence electrons. The molecule has 0 unspecified atom stereocenters. The molecular formula is C16H15Cl2NOS. The summed E-state index contributed by atoms with van der Waals surface area (Å²) in [6.07, 6.45) is 0. The van der Waals surface area contributed by atoms with E-state index in [9.17, 15) is 0 Å². The highest BCUT2D eigenvalue weighted by atomic mass is 35.5. The van der Waals surface area contributed by atoms with Crippen LogP contribution in [0.1, 0.15) is 18.1 Å². The fourth-order valence-electron chi connectivity index (χ4n) is 1.77. The molecular weight excluding hydrogens is 325 g/mol. The molecule has 0 amide bonds. The van der Waals surface area contributed by atoms with Crippen molar-refractivity contribution in [2.24, 2.45) is 0 Å². The summed E-state index contributed by atoms with van der Waals surface area (Å²) >= 11 is 13.8. The Bertz CT molecular complexity index is 632. The lowest BCUT2D eigenvalue weighted by Gasteiger charge is -2.10. The molecule has 0 aliphatic rings. The van der Waals surface area contributed by atoms with Crippen molar-refractivity contribution in [2.75, 3.05) is 6.61 Å². The third-order valence-electron chi connectivity index (χ3n) is 2.81. The predicted octanol–water partition coefficient (Wildman–Crippen LogP) is 5.65. The quantitative estimate of drug-likeness (QED) is 0.563. The van der Waals surface area contributed by atoms with E-state index < -0.39 is 0 Å². The van der Waals surface area contributed by atoms with Gasteiger partial charge in [0.25, 0.3) is 0 Å². The Morgan fingerprint density at radius 1 is 1.14 bits per heavy atom. The number of hydrogen-bond donors (Lipinski definition) is 1. The molecule has 0 aliphatic heterocycles. The van der Waals surface area contributed by atoms with Crippen LogP contribution >= 0.6 is 35.0 Å². The van der Waals surface area contributed by atoms with Crippen LogP contribution in [-0.2, 0) is 5.75 Å². The summed E-state index contributed by atoms with van der Waals surface area (Å²) in [5.74, 6) is 1.19. The van der Waals surface area contributed by atoms with E-state index in [2.05, 4.69) is 0 Å². The third kappa shape index (κ3) is 4.40. The number of halogens is 2. The second-order valence-electron chi connectivity index (χ2n) is 4.29. The largest absolute Gasteiger partial charge is 0.492 e. The maximum Gasteiger partial charge on any atom is 0.139 e. The Hall–Kier alpha value is -1.16. The maximum absolute atomic E-state index is 8.07. The molecule has 2 nitrogen and oxygen atoms in total. The number of hydrogen-bond acceptors (Lipinski definition) is 3. The van der Waals surface area contributed by atoms with E-state index in [0.717, 1.165) is 11.1 Å². The lowest BCUT2D eigenvalue weighted by molar-refractivity contribution is 0.340. The predicted molar refractivity (Wildman–Crippen MR) is 92.2 cm³/mol. The minimum Gasteiger partial charge on any atom is -0.492 e. The zero-order chi connectivity index (χ0) is 15.2. The van der Waals surface area contributed by atoms with E-state index in [0.29, 0.717) is 33.2 Å². The molecule has 2 aromatic rings. The minimum absolute atomic E-state index is 0.511. The van der Waals surface area contributed by atoms with Gasteiger partial charge in [0.05, 0.1) is 16.7 Å². The lowest BCUT2D eigenvalue weighted by Crippen LogP contribution is -1.96. The minimum atomic E-state index is 0.511. The first-order chi connectivity index (χ1) is 10.1. The van der Waals surface area contributed by atoms with Gasteiger partial charge in [0, 0.05) is 22.4 Å². The van der Waals surface area contributed by atoms with Crippen LogP contribution in [0.5, 0.6) is 5.75 Å². The van der Waals surface area contributed by atoms with Crippen molar-refractivity contribution in [1.29, 1.82) is 5.41 Å². The lowest BCUT2D eigenvalue weighted by atomic mass is 10.2. The zero-order valence-corrected chi connectivity index (χ0v) is 13.9. The Morgan fingerprint density at radius 2 is 1.86 bits per heavy atom. The molecule has 21 heavy (non-hydrogen) atoms. The molecule has 0 saturated heterocycles. The van der Waals surface area contributed by atoms with Crippen molar-refractivity contribution in [3.63, 3.8) is 0 Å². The van der Waals surface area contributed by atoms with Crippen molar-refractivity contribution in [1.82, 2.24) is 0 Å². The third-order valence-corrected chi connectivity index (χ3v) is 4.44. The molecule has 0 fully saturated rings. The molecule has 2 aromatic carbocycles. The number of ether oxygens (including phenoxy) is 1. The van der Waals surface area contributed by atoms with Crippen molar-refractivity contribution in [2.45, 2.75) is 12.7 Å². The van der Waals surface area contributed by atoms with Crippen molar-refractivity contribution >= 4 is 40.0 Å². The molecule has 0 saturated carbocycles. The summed E-state index contributed by atoms with van der Waals surface area (Å²) in [5.41, 5.74) is 1.80. The van der Waals surface area contributed by atoms with Crippen LogP contribution in [0, 0.1) is 5.41 Å². The first kappa shape index (κ1) is 16.2. The highest BCUT2D eigenvalue weighted by Gasteiger charge is 2.10. The van der Waals surface area contributed by atoms with Crippen LogP contribution in [0.2, 0.25) is 10.0 Å². The van der Waals surface area contributed by atoms with Gasteiger partial charge >= 0.3 is 0 Å². The van der Waals surface area contributed by atoms with Gasteiger partial charge in [0.2, 0.25) is 0 Å². The molecule has 1 N–H and O–H groups in total. The van der Waals surface area contributed by atoms with E-state index in [4.69, 9.17) is 33.3 Å². The van der Waals surface area contributed by atoms with Crippen LogP contribution in [0.3, 0.4) is 0 Å². The molecule has 0 heterocycles. The van der Waals surface area contributed by atoms with Crippen LogP contribution in [-0.4, -0.2) is 11.7 Å². The second-order valence-corrected chi connectivity index (χ2v) is 6.09. The Morgan fingerprint density at radius 3 is 2.52 bits per heavy atom. The van der Waals surface area contributed by atoms with Crippen LogP contribution < -0.4 is 4.74 Å². The Balaban J connectivity index is 2.07. The molecule has 0 bridgehead atoms. The van der Waals surface area contributed by atoms with Gasteiger partial charge in [-0.05, 0) is 18.6 Å². The van der Waals surface area contributed by atoms with Crippen molar-refractivity contribution < 1.29 is 4.74 Å². The average molecular weight is 340 g/mol. The first-order valence-electron chi connectivity index (χ1n) is 6.49. The normalized spacial score (nSPS) is 10.4. The summed E-state index contributed by atoms with van der Waals surface area (Å²) in [5, 5.41) is 9.74. The van der Waals surface area contributed by atoms with E-state index in [1.54, 1.807) is 12.1 Å². The van der Waals surface area contributed by atoms with Gasteiger partial charge in [-0.2, -0.15) is 0 Å². The highest BCUT2D eigenvalue weighted by Crippen LogP contribution is 2.33. The van der Waals surface area contributed by atoms with E-state index in [1.165, 1.54) is 11.8 Å². The van der Waals surface area contributed by atoms with Gasteiger partial charge in [0.1, 0.15) is 5.75 Å². The summed E-state index contributed by atoms with van der Waals surface area (Å²) in [6.45, 7) is 2.44. The Kier molecular flexibility index (Phi) is 5.97. The second kappa shape index (κ2) is 7.74. The molecule has 0 atom stereocenters. The van der Waals surface area contributed by atoms with Gasteiger partial charge in [-0.3, -0.25) is 5.41 Å². The SMILES string of the molecule is CCOc1cc(Cl)c(CSC(=N)c2ccccc2)cc1Cl. The molecule has 0 spiro atoms. The van der Waals surface area contributed by atoms with Gasteiger partial charge in [-0.25, -0.2) is 0 Å². The molecule has 0 radical (unpaired) electrons. The monoisotopic (exact) mass is 339 g/mol. The van der Waals surface area contributed by atoms with Crippen molar-refractivity contribution in [3.8, 4) is 5.75 Å². The maximum atomic E-state index is 8.07. The number of nitrogens with one attached hydrogen (secondary N) is 1. The van der Waals surface area contributed by atoms with Crippen LogP contribution in [0.15, 0.2) is 42.5 Å². The standard InChI is InChI=1S/C16H15Cl2NOS/c1-2-20-15-9-13(17)12(8-14(15)18)10-21-16(19)11-6-4-3-5-7-11/h3-9,19H,2,10H2,1H3. The van der Waals surface area contributed by atoms with Crippen molar-refractivity contribution in [3.05, 3.63) is 63.6 Å². The highest BCUT2D eigenvalue weighted by molar-refractivity contribution is 8.13. The van der Waals surface area contributed by atoms with Gasteiger partial charge in [0.15, 0.2) is 0 Å². The fraction of sp³-hybridized carbons (Fsp3) is 0.188. The zero-order valence-electron chi connectivity index (χ0n) is 11.5. The molecule has 0 aliphatic carbocycles. The number of thioether (sulfide) groups is 1. The number of benzene rings is 2. The van der Waals surface area contributed by atoms with Gasteiger partial charge in [-0.15, -0.1) is 11.8 Å². The topological polar surface area (TPSA) is 33.1 Å². The summed E-state index contributed by atoms with van der Waals surface area (Å²) in [4.78, 5) is 0. The van der Waals surface area contributed by atoms with Gasteiger partial charge < -0.3 is 4.74 Å². The Labute approximate surface area is 138 Å². The van der Waals surface area contributed by atoms with E-state index in [1.807, 2.05) is 37.3 Å². The molecule has 2 rings (SSSR count). The van der Waals surface area contributed by atoms with E-state index in [-0.39, 0.29) is 0 Å². The average Bonchev–Trinajstić information content (AvgIpc) is 2.50. The van der Waals surface area contributed by atoms with E-state index >= 15 is 0 Å². The smallest absolute Gasteiger partial charge is 0.139 e.